The van der Waals surface area contributed by atoms with Crippen LogP contribution in [0, 0.1) is 0 Å². The van der Waals surface area contributed by atoms with Gasteiger partial charge in [-0.05, 0) is 18.2 Å². The van der Waals surface area contributed by atoms with Crippen molar-refractivity contribution in [2.45, 2.75) is 18.2 Å². The highest BCUT2D eigenvalue weighted by Gasteiger charge is 2.32. The molecule has 7 nitrogen and oxygen atoms in total. The lowest BCUT2D eigenvalue weighted by Crippen LogP contribution is -2.28. The first-order valence-corrected chi connectivity index (χ1v) is 9.55. The molecule has 0 bridgehead atoms. The normalized spacial score (nSPS) is 17.3. The molecule has 2 aromatic rings. The van der Waals surface area contributed by atoms with Crippen molar-refractivity contribution >= 4 is 34.4 Å². The van der Waals surface area contributed by atoms with E-state index in [9.17, 15) is 9.59 Å². The van der Waals surface area contributed by atoms with Crippen LogP contribution in [-0.2, 0) is 16.1 Å². The second kappa shape index (κ2) is 9.27. The van der Waals surface area contributed by atoms with Crippen molar-refractivity contribution in [2.24, 2.45) is 4.99 Å². The van der Waals surface area contributed by atoms with Crippen LogP contribution in [0.15, 0.2) is 53.5 Å². The van der Waals surface area contributed by atoms with Crippen molar-refractivity contribution in [3.63, 3.8) is 0 Å². The van der Waals surface area contributed by atoms with Gasteiger partial charge >= 0.3 is 0 Å². The quantitative estimate of drug-likeness (QED) is 0.747. The zero-order valence-electron chi connectivity index (χ0n) is 15.6. The van der Waals surface area contributed by atoms with E-state index in [2.05, 4.69) is 15.6 Å². The molecule has 1 heterocycles. The van der Waals surface area contributed by atoms with Gasteiger partial charge in [-0.3, -0.25) is 14.6 Å². The molecule has 2 N–H and O–H groups in total. The SMILES string of the molecule is COc1cccc(NC(=O)C[C@H]2SC(=NCc3ccccc3OC)NC2=O)c1. The Bertz CT molecular complexity index is 901. The van der Waals surface area contributed by atoms with Gasteiger partial charge in [-0.25, -0.2) is 0 Å². The number of carbonyl (C=O) groups excluding carboxylic acids is 2. The van der Waals surface area contributed by atoms with Crippen molar-refractivity contribution < 1.29 is 19.1 Å². The van der Waals surface area contributed by atoms with E-state index in [4.69, 9.17) is 9.47 Å². The summed E-state index contributed by atoms with van der Waals surface area (Å²) < 4.78 is 10.4. The van der Waals surface area contributed by atoms with Gasteiger partial charge in [-0.15, -0.1) is 0 Å². The number of amidine groups is 1. The zero-order chi connectivity index (χ0) is 19.9. The minimum Gasteiger partial charge on any atom is -0.497 e. The molecule has 146 valence electrons. The first-order valence-electron chi connectivity index (χ1n) is 8.67. The molecule has 8 heteroatoms. The first kappa shape index (κ1) is 19.8. The molecule has 2 aromatic carbocycles. The predicted molar refractivity (Wildman–Crippen MR) is 110 cm³/mol. The van der Waals surface area contributed by atoms with Gasteiger partial charge in [0.1, 0.15) is 16.7 Å². The second-order valence-corrected chi connectivity index (χ2v) is 7.20. The third-order valence-electron chi connectivity index (χ3n) is 4.09. The molecule has 1 atom stereocenters. The molecule has 1 saturated heterocycles. The maximum atomic E-state index is 12.3. The second-order valence-electron chi connectivity index (χ2n) is 6.01. The largest absolute Gasteiger partial charge is 0.497 e. The van der Waals surface area contributed by atoms with Crippen LogP contribution in [0.4, 0.5) is 5.69 Å². The summed E-state index contributed by atoms with van der Waals surface area (Å²) in [6, 6.07) is 14.6. The number of benzene rings is 2. The van der Waals surface area contributed by atoms with E-state index in [-0.39, 0.29) is 18.2 Å². The summed E-state index contributed by atoms with van der Waals surface area (Å²) in [6.45, 7) is 0.384. The molecular weight excluding hydrogens is 378 g/mol. The zero-order valence-corrected chi connectivity index (χ0v) is 16.4. The van der Waals surface area contributed by atoms with Crippen LogP contribution in [-0.4, -0.2) is 36.5 Å². The van der Waals surface area contributed by atoms with Crippen LogP contribution >= 0.6 is 11.8 Å². The molecule has 3 rings (SSSR count). The predicted octanol–water partition coefficient (Wildman–Crippen LogP) is 2.82. The summed E-state index contributed by atoms with van der Waals surface area (Å²) in [4.78, 5) is 28.9. The molecule has 2 amide bonds. The molecule has 0 aromatic heterocycles. The molecule has 1 fully saturated rings. The number of nitrogens with one attached hydrogen (secondary N) is 2. The number of rotatable bonds is 7. The summed E-state index contributed by atoms with van der Waals surface area (Å²) in [5, 5.41) is 5.51. The molecule has 0 spiro atoms. The maximum Gasteiger partial charge on any atom is 0.240 e. The Morgan fingerprint density at radius 2 is 2.00 bits per heavy atom. The van der Waals surface area contributed by atoms with Gasteiger partial charge in [0.15, 0.2) is 5.17 Å². The third-order valence-corrected chi connectivity index (χ3v) is 5.21. The van der Waals surface area contributed by atoms with Gasteiger partial charge in [0, 0.05) is 23.7 Å². The van der Waals surface area contributed by atoms with Gasteiger partial charge in [0.2, 0.25) is 11.8 Å². The van der Waals surface area contributed by atoms with Gasteiger partial charge in [-0.1, -0.05) is 36.0 Å². The number of amides is 2. The Morgan fingerprint density at radius 1 is 1.18 bits per heavy atom. The molecular formula is C20H21N3O4S. The van der Waals surface area contributed by atoms with Crippen molar-refractivity contribution in [1.82, 2.24) is 5.32 Å². The number of anilines is 1. The summed E-state index contributed by atoms with van der Waals surface area (Å²) >= 11 is 1.26. The van der Waals surface area contributed by atoms with Gasteiger partial charge in [-0.2, -0.15) is 0 Å². The Hall–Kier alpha value is -3.00. The fraction of sp³-hybridized carbons (Fsp3) is 0.250. The van der Waals surface area contributed by atoms with E-state index in [0.29, 0.717) is 23.1 Å². The molecule has 0 aliphatic carbocycles. The number of ether oxygens (including phenoxy) is 2. The number of hydrogen-bond acceptors (Lipinski definition) is 6. The highest BCUT2D eigenvalue weighted by molar-refractivity contribution is 8.15. The third kappa shape index (κ3) is 5.04. The maximum absolute atomic E-state index is 12.3. The Labute approximate surface area is 167 Å². The highest BCUT2D eigenvalue weighted by atomic mass is 32.2. The van der Waals surface area contributed by atoms with Crippen LogP contribution in [0.2, 0.25) is 0 Å². The number of para-hydroxylation sites is 1. The van der Waals surface area contributed by atoms with Crippen LogP contribution in [0.1, 0.15) is 12.0 Å². The summed E-state index contributed by atoms with van der Waals surface area (Å²) in [5.41, 5.74) is 1.55. The van der Waals surface area contributed by atoms with E-state index in [0.717, 1.165) is 11.3 Å². The highest BCUT2D eigenvalue weighted by Crippen LogP contribution is 2.25. The molecule has 0 radical (unpaired) electrons. The van der Waals surface area contributed by atoms with Crippen LogP contribution in [0.3, 0.4) is 0 Å². The average molecular weight is 399 g/mol. The van der Waals surface area contributed by atoms with Crippen LogP contribution in [0.25, 0.3) is 0 Å². The topological polar surface area (TPSA) is 89.0 Å². The lowest BCUT2D eigenvalue weighted by Gasteiger charge is -2.08. The molecule has 0 unspecified atom stereocenters. The summed E-state index contributed by atoms with van der Waals surface area (Å²) in [6.07, 6.45) is 0.0569. The van der Waals surface area contributed by atoms with Crippen molar-refractivity contribution in [2.75, 3.05) is 19.5 Å². The fourth-order valence-electron chi connectivity index (χ4n) is 2.69. The minimum atomic E-state index is -0.512. The minimum absolute atomic E-state index is 0.0569. The fourth-order valence-corrected chi connectivity index (χ4v) is 3.66. The van der Waals surface area contributed by atoms with E-state index < -0.39 is 5.25 Å². The average Bonchev–Trinajstić information content (AvgIpc) is 3.05. The van der Waals surface area contributed by atoms with E-state index in [1.54, 1.807) is 38.5 Å². The Morgan fingerprint density at radius 3 is 2.79 bits per heavy atom. The first-order chi connectivity index (χ1) is 13.6. The van der Waals surface area contributed by atoms with Gasteiger partial charge in [0.05, 0.1) is 20.8 Å². The molecule has 28 heavy (non-hydrogen) atoms. The monoisotopic (exact) mass is 399 g/mol. The van der Waals surface area contributed by atoms with Crippen LogP contribution in [0.5, 0.6) is 11.5 Å². The number of nitrogens with zero attached hydrogens (tertiary/aromatic N) is 1. The van der Waals surface area contributed by atoms with Gasteiger partial charge in [0.25, 0.3) is 0 Å². The lowest BCUT2D eigenvalue weighted by molar-refractivity contribution is -0.122. The number of carbonyl (C=O) groups is 2. The molecule has 1 aliphatic heterocycles. The van der Waals surface area contributed by atoms with E-state index in [1.165, 1.54) is 11.8 Å². The number of thioether (sulfide) groups is 1. The number of methoxy groups -OCH3 is 2. The molecule has 0 saturated carbocycles. The van der Waals surface area contributed by atoms with Gasteiger partial charge < -0.3 is 20.1 Å². The number of aliphatic imine (C=N–C) groups is 1. The van der Waals surface area contributed by atoms with Crippen molar-refractivity contribution in [3.8, 4) is 11.5 Å². The number of hydrogen-bond donors (Lipinski definition) is 2. The smallest absolute Gasteiger partial charge is 0.240 e. The van der Waals surface area contributed by atoms with Crippen molar-refractivity contribution in [3.05, 3.63) is 54.1 Å². The molecule has 1 aliphatic rings. The lowest BCUT2D eigenvalue weighted by atomic mass is 10.2. The summed E-state index contributed by atoms with van der Waals surface area (Å²) in [5.74, 6) is 0.934. The summed E-state index contributed by atoms with van der Waals surface area (Å²) in [7, 11) is 3.17. The van der Waals surface area contributed by atoms with E-state index >= 15 is 0 Å². The Balaban J connectivity index is 1.57. The van der Waals surface area contributed by atoms with Crippen LogP contribution < -0.4 is 20.1 Å². The van der Waals surface area contributed by atoms with E-state index in [1.807, 2.05) is 24.3 Å². The van der Waals surface area contributed by atoms with Crippen molar-refractivity contribution in [1.29, 1.82) is 0 Å². The Kier molecular flexibility index (Phi) is 6.54. The standard InChI is InChI=1S/C20H21N3O4S/c1-26-15-8-5-7-14(10-15)22-18(24)11-17-19(25)23-20(28-17)21-12-13-6-3-4-9-16(13)27-2/h3-10,17H,11-12H2,1-2H3,(H,22,24)(H,21,23,25)/t17-/m1/s1.